The van der Waals surface area contributed by atoms with Crippen LogP contribution in [0.5, 0.6) is 0 Å². The van der Waals surface area contributed by atoms with Crippen LogP contribution in [0.3, 0.4) is 0 Å². The van der Waals surface area contributed by atoms with Crippen LogP contribution in [0.2, 0.25) is 5.02 Å². The highest BCUT2D eigenvalue weighted by Crippen LogP contribution is 2.29. The minimum atomic E-state index is -4.14. The van der Waals surface area contributed by atoms with E-state index in [0.717, 1.165) is 52.0 Å². The Hall–Kier alpha value is -2.88. The number of rotatable bonds is 10. The molecule has 1 atom stereocenters. The van der Waals surface area contributed by atoms with Gasteiger partial charge in [0.1, 0.15) is 12.6 Å². The van der Waals surface area contributed by atoms with E-state index in [1.807, 2.05) is 31.2 Å². The molecule has 1 aliphatic carbocycles. The predicted octanol–water partition coefficient (Wildman–Crippen LogP) is 6.47. The van der Waals surface area contributed by atoms with Crippen molar-refractivity contribution in [2.45, 2.75) is 69.5 Å². The lowest BCUT2D eigenvalue weighted by Crippen LogP contribution is -2.53. The van der Waals surface area contributed by atoms with Crippen molar-refractivity contribution < 1.29 is 18.0 Å². The molecule has 7 nitrogen and oxygen atoms in total. The highest BCUT2D eigenvalue weighted by molar-refractivity contribution is 9.10. The first kappa shape index (κ1) is 31.1. The highest BCUT2D eigenvalue weighted by atomic mass is 79.9. The van der Waals surface area contributed by atoms with Crippen molar-refractivity contribution in [3.05, 3.63) is 93.4 Å². The van der Waals surface area contributed by atoms with Crippen molar-refractivity contribution in [3.8, 4) is 0 Å². The van der Waals surface area contributed by atoms with E-state index in [2.05, 4.69) is 21.2 Å². The second-order valence-corrected chi connectivity index (χ2v) is 13.6. The molecule has 41 heavy (non-hydrogen) atoms. The molecule has 4 rings (SSSR count). The van der Waals surface area contributed by atoms with Gasteiger partial charge in [-0.3, -0.25) is 13.9 Å². The van der Waals surface area contributed by atoms with E-state index in [-0.39, 0.29) is 29.1 Å². The van der Waals surface area contributed by atoms with E-state index in [9.17, 15) is 18.0 Å². The van der Waals surface area contributed by atoms with Gasteiger partial charge in [0.25, 0.3) is 10.0 Å². The zero-order chi connectivity index (χ0) is 29.6. The van der Waals surface area contributed by atoms with Crippen molar-refractivity contribution in [1.29, 1.82) is 0 Å². The van der Waals surface area contributed by atoms with Crippen LogP contribution in [0, 0.1) is 6.92 Å². The number of nitrogens with one attached hydrogen (secondary N) is 1. The first-order chi connectivity index (χ1) is 19.6. The summed E-state index contributed by atoms with van der Waals surface area (Å²) in [5, 5.41) is 3.50. The number of halogens is 2. The van der Waals surface area contributed by atoms with Crippen molar-refractivity contribution >= 4 is 55.1 Å². The lowest BCUT2D eigenvalue weighted by Gasteiger charge is -2.33. The van der Waals surface area contributed by atoms with Gasteiger partial charge in [-0.25, -0.2) is 8.42 Å². The normalized spacial score (nSPS) is 14.7. The van der Waals surface area contributed by atoms with Gasteiger partial charge < -0.3 is 10.2 Å². The summed E-state index contributed by atoms with van der Waals surface area (Å²) in [6, 6.07) is 19.6. The van der Waals surface area contributed by atoms with Crippen molar-refractivity contribution in [1.82, 2.24) is 10.2 Å². The average Bonchev–Trinajstić information content (AvgIpc) is 2.97. The van der Waals surface area contributed by atoms with E-state index in [0.29, 0.717) is 5.02 Å². The quantitative estimate of drug-likeness (QED) is 0.270. The Kier molecular flexibility index (Phi) is 10.5. The summed E-state index contributed by atoms with van der Waals surface area (Å²) < 4.78 is 29.7. The van der Waals surface area contributed by atoms with Gasteiger partial charge >= 0.3 is 0 Å². The van der Waals surface area contributed by atoms with E-state index in [1.165, 1.54) is 17.0 Å². The molecule has 0 heterocycles. The standard InChI is InChI=1S/C31H35BrClN3O4S/c1-22-13-18-27(19-29(22)33)36(41(39,40)28-11-7-4-8-12-28)21-30(37)35(20-24-14-16-25(32)17-15-24)23(2)31(38)34-26-9-5-3-6-10-26/h4,7-8,11-19,23,26H,3,5-6,9-10,20-21H2,1-2H3,(H,34,38). The molecule has 0 aromatic heterocycles. The summed E-state index contributed by atoms with van der Waals surface area (Å²) in [5.41, 5.74) is 1.86. The van der Waals surface area contributed by atoms with Crippen LogP contribution in [0.25, 0.3) is 0 Å². The molecule has 0 radical (unpaired) electrons. The van der Waals surface area contributed by atoms with Crippen molar-refractivity contribution in [2.75, 3.05) is 10.8 Å². The monoisotopic (exact) mass is 659 g/mol. The second kappa shape index (κ2) is 13.9. The topological polar surface area (TPSA) is 86.8 Å². The molecule has 1 saturated carbocycles. The highest BCUT2D eigenvalue weighted by Gasteiger charge is 2.33. The fraction of sp³-hybridized carbons (Fsp3) is 0.355. The number of anilines is 1. The van der Waals surface area contributed by atoms with Crippen LogP contribution in [-0.4, -0.2) is 43.8 Å². The van der Waals surface area contributed by atoms with E-state index in [4.69, 9.17) is 11.6 Å². The van der Waals surface area contributed by atoms with Gasteiger partial charge in [-0.15, -0.1) is 0 Å². The fourth-order valence-electron chi connectivity index (χ4n) is 4.92. The molecule has 1 N–H and O–H groups in total. The van der Waals surface area contributed by atoms with Gasteiger partial charge in [0, 0.05) is 22.1 Å². The Morgan fingerprint density at radius 3 is 2.29 bits per heavy atom. The molecular formula is C31H35BrClN3O4S. The Labute approximate surface area is 256 Å². The van der Waals surface area contributed by atoms with E-state index in [1.54, 1.807) is 43.3 Å². The zero-order valence-corrected chi connectivity index (χ0v) is 26.4. The van der Waals surface area contributed by atoms with Gasteiger partial charge in [-0.1, -0.05) is 83.2 Å². The minimum Gasteiger partial charge on any atom is -0.352 e. The number of nitrogens with zero attached hydrogens (tertiary/aromatic N) is 2. The summed E-state index contributed by atoms with van der Waals surface area (Å²) in [5.74, 6) is -0.756. The van der Waals surface area contributed by atoms with Gasteiger partial charge in [-0.2, -0.15) is 0 Å². The Balaban J connectivity index is 1.68. The molecule has 10 heteroatoms. The van der Waals surface area contributed by atoms with Crippen LogP contribution in [0.15, 0.2) is 82.2 Å². The third-order valence-electron chi connectivity index (χ3n) is 7.44. The third-order valence-corrected chi connectivity index (χ3v) is 10.2. The summed E-state index contributed by atoms with van der Waals surface area (Å²) >= 11 is 9.82. The minimum absolute atomic E-state index is 0.0482. The van der Waals surface area contributed by atoms with Crippen LogP contribution in [0.1, 0.15) is 50.2 Å². The number of amides is 2. The van der Waals surface area contributed by atoms with Gasteiger partial charge in [0.05, 0.1) is 10.6 Å². The van der Waals surface area contributed by atoms with Crippen LogP contribution in [0.4, 0.5) is 5.69 Å². The summed E-state index contributed by atoms with van der Waals surface area (Å²) in [7, 11) is -4.14. The first-order valence-electron chi connectivity index (χ1n) is 13.7. The van der Waals surface area contributed by atoms with Crippen molar-refractivity contribution in [2.24, 2.45) is 0 Å². The number of hydrogen-bond acceptors (Lipinski definition) is 4. The smallest absolute Gasteiger partial charge is 0.264 e. The second-order valence-electron chi connectivity index (χ2n) is 10.4. The predicted molar refractivity (Wildman–Crippen MR) is 166 cm³/mol. The molecule has 3 aromatic rings. The lowest BCUT2D eigenvalue weighted by molar-refractivity contribution is -0.139. The van der Waals surface area contributed by atoms with Crippen LogP contribution >= 0.6 is 27.5 Å². The molecule has 1 fully saturated rings. The largest absolute Gasteiger partial charge is 0.352 e. The molecule has 0 bridgehead atoms. The number of sulfonamides is 1. The van der Waals surface area contributed by atoms with Crippen LogP contribution < -0.4 is 9.62 Å². The molecule has 0 aliphatic heterocycles. The fourth-order valence-corrected chi connectivity index (χ4v) is 6.79. The zero-order valence-electron chi connectivity index (χ0n) is 23.2. The maximum atomic E-state index is 14.1. The number of hydrogen-bond donors (Lipinski definition) is 1. The van der Waals surface area contributed by atoms with Crippen LogP contribution in [-0.2, 0) is 26.2 Å². The summed E-state index contributed by atoms with van der Waals surface area (Å²) in [6.07, 6.45) is 5.11. The molecule has 2 amide bonds. The number of aryl methyl sites for hydroxylation is 1. The molecule has 3 aromatic carbocycles. The third kappa shape index (κ3) is 7.90. The maximum Gasteiger partial charge on any atom is 0.264 e. The average molecular weight is 661 g/mol. The Morgan fingerprint density at radius 1 is 1.00 bits per heavy atom. The molecule has 0 spiro atoms. The van der Waals surface area contributed by atoms with Gasteiger partial charge in [-0.05, 0) is 74.2 Å². The van der Waals surface area contributed by atoms with Gasteiger partial charge in [0.15, 0.2) is 0 Å². The number of carbonyl (C=O) groups excluding carboxylic acids is 2. The van der Waals surface area contributed by atoms with Gasteiger partial charge in [0.2, 0.25) is 11.8 Å². The lowest BCUT2D eigenvalue weighted by atomic mass is 9.95. The molecule has 1 aliphatic rings. The maximum absolute atomic E-state index is 14.1. The first-order valence-corrected chi connectivity index (χ1v) is 16.4. The number of carbonyl (C=O) groups is 2. The number of benzene rings is 3. The summed E-state index contributed by atoms with van der Waals surface area (Å²) in [6.45, 7) is 3.14. The molecule has 1 unspecified atom stereocenters. The van der Waals surface area contributed by atoms with E-state index < -0.39 is 28.5 Å². The molecule has 218 valence electrons. The molecule has 0 saturated heterocycles. The summed E-state index contributed by atoms with van der Waals surface area (Å²) in [4.78, 5) is 29.0. The van der Waals surface area contributed by atoms with Crippen molar-refractivity contribution in [3.63, 3.8) is 0 Å². The Bertz CT molecular complexity index is 1460. The molecular weight excluding hydrogens is 626 g/mol. The Morgan fingerprint density at radius 2 is 1.66 bits per heavy atom. The van der Waals surface area contributed by atoms with E-state index >= 15 is 0 Å². The SMILES string of the molecule is Cc1ccc(N(CC(=O)N(Cc2ccc(Br)cc2)C(C)C(=O)NC2CCCCC2)S(=O)(=O)c2ccccc2)cc1Cl.